The van der Waals surface area contributed by atoms with Gasteiger partial charge in [-0.25, -0.2) is 9.59 Å². The molecule has 0 fully saturated rings. The number of rotatable bonds is 16. The lowest BCUT2D eigenvalue weighted by Gasteiger charge is -2.40. The van der Waals surface area contributed by atoms with E-state index in [0.29, 0.717) is 26.2 Å². The number of carbonyl (C=O) groups excluding carboxylic acids is 2. The van der Waals surface area contributed by atoms with E-state index in [9.17, 15) is 9.59 Å². The maximum atomic E-state index is 12.6. The van der Waals surface area contributed by atoms with Crippen molar-refractivity contribution in [2.75, 3.05) is 33.0 Å². The van der Waals surface area contributed by atoms with E-state index in [1.54, 1.807) is 27.7 Å². The van der Waals surface area contributed by atoms with Crippen LogP contribution in [-0.4, -0.2) is 73.5 Å². The molecule has 0 saturated heterocycles. The van der Waals surface area contributed by atoms with Crippen molar-refractivity contribution < 1.29 is 38.0 Å². The highest BCUT2D eigenvalue weighted by Gasteiger charge is 2.41. The molecule has 0 unspecified atom stereocenters. The third kappa shape index (κ3) is 15.5. The Morgan fingerprint density at radius 3 is 1.63 bits per heavy atom. The maximum Gasteiger partial charge on any atom is 0.337 e. The van der Waals surface area contributed by atoms with Crippen LogP contribution in [0, 0.1) is 5.41 Å². The molecule has 0 saturated carbocycles. The van der Waals surface area contributed by atoms with Gasteiger partial charge in [0.15, 0.2) is 11.2 Å². The minimum absolute atomic E-state index is 0.0821. The number of carbonyl (C=O) groups is 2. The lowest BCUT2D eigenvalue weighted by Crippen LogP contribution is -2.47. The molecule has 0 aliphatic heterocycles. The Morgan fingerprint density at radius 1 is 0.657 bits per heavy atom. The van der Waals surface area contributed by atoms with Crippen molar-refractivity contribution in [2.24, 2.45) is 5.41 Å². The van der Waals surface area contributed by atoms with Crippen LogP contribution in [0.2, 0.25) is 0 Å². The lowest BCUT2D eigenvalue weighted by atomic mass is 9.82. The molecule has 208 valence electrons. The minimum Gasteiger partial charge on any atom is -0.461 e. The average Bonchev–Trinajstić information content (AvgIpc) is 2.64. The van der Waals surface area contributed by atoms with Gasteiger partial charge in [0, 0.05) is 0 Å². The molecule has 35 heavy (non-hydrogen) atoms. The van der Waals surface area contributed by atoms with E-state index in [2.05, 4.69) is 0 Å². The standard InChI is InChI=1S/C27H52O8/c1-20(2)30-14-15-31-21(28)26(10,11)34-19-24(6,7)18-25(8,9)35-27(12,13)22(29)32-16-17-33-23(3,4)5/h20H,14-19H2,1-13H3. The molecule has 0 amide bonds. The third-order valence-corrected chi connectivity index (χ3v) is 4.86. The fraction of sp³-hybridized carbons (Fsp3) is 0.926. The molecule has 0 aromatic carbocycles. The van der Waals surface area contributed by atoms with E-state index in [-0.39, 0.29) is 30.3 Å². The highest BCUT2D eigenvalue weighted by Crippen LogP contribution is 2.35. The Balaban J connectivity index is 4.78. The Bertz CT molecular complexity index is 657. The third-order valence-electron chi connectivity index (χ3n) is 4.86. The van der Waals surface area contributed by atoms with E-state index < -0.39 is 28.7 Å². The summed E-state index contributed by atoms with van der Waals surface area (Å²) >= 11 is 0. The summed E-state index contributed by atoms with van der Waals surface area (Å²) in [5.41, 5.74) is -3.53. The molecule has 8 nitrogen and oxygen atoms in total. The lowest BCUT2D eigenvalue weighted by molar-refractivity contribution is -0.195. The van der Waals surface area contributed by atoms with Gasteiger partial charge in [0.2, 0.25) is 0 Å². The van der Waals surface area contributed by atoms with Gasteiger partial charge in [-0.3, -0.25) is 0 Å². The van der Waals surface area contributed by atoms with Crippen LogP contribution in [-0.2, 0) is 38.0 Å². The summed E-state index contributed by atoms with van der Waals surface area (Å²) in [4.78, 5) is 25.1. The van der Waals surface area contributed by atoms with Crippen molar-refractivity contribution in [1.29, 1.82) is 0 Å². The van der Waals surface area contributed by atoms with Crippen LogP contribution in [0.25, 0.3) is 0 Å². The van der Waals surface area contributed by atoms with E-state index >= 15 is 0 Å². The summed E-state index contributed by atoms with van der Waals surface area (Å²) < 4.78 is 33.9. The Kier molecular flexibility index (Phi) is 12.9. The smallest absolute Gasteiger partial charge is 0.337 e. The molecule has 0 aliphatic rings. The minimum atomic E-state index is -1.14. The summed E-state index contributed by atoms with van der Waals surface area (Å²) in [6.07, 6.45) is 0.663. The zero-order valence-corrected chi connectivity index (χ0v) is 24.6. The summed E-state index contributed by atoms with van der Waals surface area (Å²) in [5, 5.41) is 0. The van der Waals surface area contributed by atoms with Gasteiger partial charge in [0.25, 0.3) is 0 Å². The van der Waals surface area contributed by atoms with E-state index in [0.717, 1.165) is 0 Å². The first kappa shape index (κ1) is 33.8. The molecule has 0 heterocycles. The van der Waals surface area contributed by atoms with Crippen LogP contribution in [0.15, 0.2) is 0 Å². The van der Waals surface area contributed by atoms with Crippen LogP contribution in [0.5, 0.6) is 0 Å². The first-order valence-electron chi connectivity index (χ1n) is 12.5. The average molecular weight is 505 g/mol. The predicted octanol–water partition coefficient (Wildman–Crippen LogP) is 5.10. The molecule has 0 spiro atoms. The van der Waals surface area contributed by atoms with E-state index in [1.165, 1.54) is 0 Å². The van der Waals surface area contributed by atoms with Crippen molar-refractivity contribution in [2.45, 2.75) is 125 Å². The fourth-order valence-electron chi connectivity index (χ4n) is 3.65. The molecule has 0 atom stereocenters. The molecule has 0 aliphatic carbocycles. The van der Waals surface area contributed by atoms with Crippen molar-refractivity contribution in [3.63, 3.8) is 0 Å². The summed E-state index contributed by atoms with van der Waals surface area (Å²) in [7, 11) is 0. The van der Waals surface area contributed by atoms with E-state index in [4.69, 9.17) is 28.4 Å². The van der Waals surface area contributed by atoms with Gasteiger partial charge >= 0.3 is 11.9 Å². The van der Waals surface area contributed by atoms with Crippen molar-refractivity contribution in [3.8, 4) is 0 Å². The first-order chi connectivity index (χ1) is 15.6. The van der Waals surface area contributed by atoms with Crippen molar-refractivity contribution in [1.82, 2.24) is 0 Å². The number of esters is 2. The molecule has 0 aromatic heterocycles. The summed E-state index contributed by atoms with van der Waals surface area (Å²) in [6.45, 7) is 25.7. The van der Waals surface area contributed by atoms with Gasteiger partial charge in [-0.1, -0.05) is 13.8 Å². The SMILES string of the molecule is CC(C)OCCOC(=O)C(C)(C)OCC(C)(C)CC(C)(C)OC(C)(C)C(=O)OCCOC(C)(C)C. The fourth-order valence-corrected chi connectivity index (χ4v) is 3.65. The normalized spacial score (nSPS) is 13.8. The van der Waals surface area contributed by atoms with Crippen LogP contribution in [0.3, 0.4) is 0 Å². The highest BCUT2D eigenvalue weighted by atomic mass is 16.6. The first-order valence-corrected chi connectivity index (χ1v) is 12.5. The molecule has 0 rings (SSSR count). The second kappa shape index (κ2) is 13.4. The van der Waals surface area contributed by atoms with Crippen LogP contribution in [0.1, 0.15) is 96.4 Å². The van der Waals surface area contributed by atoms with Crippen LogP contribution >= 0.6 is 0 Å². The topological polar surface area (TPSA) is 89.5 Å². The molecular weight excluding hydrogens is 452 g/mol. The Morgan fingerprint density at radius 2 is 1.14 bits per heavy atom. The van der Waals surface area contributed by atoms with Gasteiger partial charge in [0.1, 0.15) is 13.2 Å². The second-order valence-electron chi connectivity index (χ2n) is 12.7. The quantitative estimate of drug-likeness (QED) is 0.212. The molecule has 0 N–H and O–H groups in total. The molecule has 0 aromatic rings. The van der Waals surface area contributed by atoms with Crippen LogP contribution in [0.4, 0.5) is 0 Å². The molecular formula is C27H52O8. The largest absolute Gasteiger partial charge is 0.461 e. The predicted molar refractivity (Wildman–Crippen MR) is 136 cm³/mol. The molecule has 8 heteroatoms. The van der Waals surface area contributed by atoms with Gasteiger partial charge < -0.3 is 28.4 Å². The summed E-state index contributed by atoms with van der Waals surface area (Å²) in [5.74, 6) is -0.877. The van der Waals surface area contributed by atoms with E-state index in [1.807, 2.05) is 62.3 Å². The molecule has 0 bridgehead atoms. The Labute approximate surface area is 213 Å². The maximum absolute atomic E-state index is 12.6. The number of hydrogen-bond acceptors (Lipinski definition) is 8. The highest BCUT2D eigenvalue weighted by molar-refractivity contribution is 5.79. The van der Waals surface area contributed by atoms with Gasteiger partial charge in [-0.15, -0.1) is 0 Å². The van der Waals surface area contributed by atoms with Crippen LogP contribution < -0.4 is 0 Å². The second-order valence-corrected chi connectivity index (χ2v) is 12.7. The van der Waals surface area contributed by atoms with Crippen molar-refractivity contribution in [3.05, 3.63) is 0 Å². The van der Waals surface area contributed by atoms with Gasteiger partial charge in [0.05, 0.1) is 37.1 Å². The number of ether oxygens (including phenoxy) is 6. The molecule has 0 radical (unpaired) electrons. The summed E-state index contributed by atoms with van der Waals surface area (Å²) in [6, 6.07) is 0. The monoisotopic (exact) mass is 504 g/mol. The van der Waals surface area contributed by atoms with Gasteiger partial charge in [-0.2, -0.15) is 0 Å². The Hall–Kier alpha value is -1.22. The zero-order chi connectivity index (χ0) is 27.7. The zero-order valence-electron chi connectivity index (χ0n) is 24.6. The number of hydrogen-bond donors (Lipinski definition) is 0. The van der Waals surface area contributed by atoms with Gasteiger partial charge in [-0.05, 0) is 88.0 Å². The van der Waals surface area contributed by atoms with Crippen molar-refractivity contribution >= 4 is 11.9 Å².